The van der Waals surface area contributed by atoms with Gasteiger partial charge in [-0.05, 0) is 23.4 Å². The summed E-state index contributed by atoms with van der Waals surface area (Å²) in [6.07, 6.45) is 1.65. The average molecular weight is 270 g/mol. The SMILES string of the molecule is Cc1ncnc2c1ccc1c(-c3ccccc3)cccc12. The second kappa shape index (κ2) is 4.67. The van der Waals surface area contributed by atoms with E-state index in [4.69, 9.17) is 0 Å². The molecule has 0 unspecified atom stereocenters. The molecule has 0 bridgehead atoms. The van der Waals surface area contributed by atoms with E-state index >= 15 is 0 Å². The van der Waals surface area contributed by atoms with Gasteiger partial charge in [-0.1, -0.05) is 60.7 Å². The van der Waals surface area contributed by atoms with Gasteiger partial charge in [0.05, 0.1) is 5.52 Å². The number of benzene rings is 3. The Morgan fingerprint density at radius 2 is 1.48 bits per heavy atom. The van der Waals surface area contributed by atoms with Gasteiger partial charge in [-0.25, -0.2) is 9.97 Å². The predicted octanol–water partition coefficient (Wildman–Crippen LogP) is 4.76. The lowest BCUT2D eigenvalue weighted by Crippen LogP contribution is -1.89. The Labute approximate surface area is 123 Å². The van der Waals surface area contributed by atoms with E-state index in [2.05, 4.69) is 64.6 Å². The summed E-state index contributed by atoms with van der Waals surface area (Å²) in [5, 5.41) is 3.53. The zero-order chi connectivity index (χ0) is 14.2. The second-order valence-electron chi connectivity index (χ2n) is 5.19. The van der Waals surface area contributed by atoms with Crippen molar-refractivity contribution in [2.75, 3.05) is 0 Å². The lowest BCUT2D eigenvalue weighted by atomic mass is 9.96. The number of hydrogen-bond acceptors (Lipinski definition) is 2. The van der Waals surface area contributed by atoms with Crippen molar-refractivity contribution in [2.24, 2.45) is 0 Å². The van der Waals surface area contributed by atoms with Crippen molar-refractivity contribution in [2.45, 2.75) is 6.92 Å². The van der Waals surface area contributed by atoms with Crippen molar-refractivity contribution in [3.05, 3.63) is 72.7 Å². The van der Waals surface area contributed by atoms with Crippen LogP contribution in [0.15, 0.2) is 67.0 Å². The monoisotopic (exact) mass is 270 g/mol. The van der Waals surface area contributed by atoms with Crippen LogP contribution < -0.4 is 0 Å². The van der Waals surface area contributed by atoms with Crippen LogP contribution in [0.4, 0.5) is 0 Å². The zero-order valence-corrected chi connectivity index (χ0v) is 11.7. The van der Waals surface area contributed by atoms with E-state index in [9.17, 15) is 0 Å². The van der Waals surface area contributed by atoms with Crippen molar-refractivity contribution >= 4 is 21.7 Å². The van der Waals surface area contributed by atoms with E-state index in [0.29, 0.717) is 0 Å². The fourth-order valence-corrected chi connectivity index (χ4v) is 2.89. The van der Waals surface area contributed by atoms with Gasteiger partial charge in [0.25, 0.3) is 0 Å². The molecule has 4 rings (SSSR count). The molecule has 0 saturated carbocycles. The van der Waals surface area contributed by atoms with Crippen LogP contribution >= 0.6 is 0 Å². The van der Waals surface area contributed by atoms with Crippen LogP contribution in [-0.4, -0.2) is 9.97 Å². The van der Waals surface area contributed by atoms with E-state index in [1.165, 1.54) is 21.9 Å². The van der Waals surface area contributed by atoms with Gasteiger partial charge in [0.1, 0.15) is 6.33 Å². The first-order chi connectivity index (χ1) is 10.3. The molecular weight excluding hydrogens is 256 g/mol. The van der Waals surface area contributed by atoms with Gasteiger partial charge < -0.3 is 0 Å². The highest BCUT2D eigenvalue weighted by molar-refractivity contribution is 6.10. The van der Waals surface area contributed by atoms with Crippen molar-refractivity contribution in [1.82, 2.24) is 9.97 Å². The van der Waals surface area contributed by atoms with Crippen LogP contribution in [0, 0.1) is 6.92 Å². The molecule has 0 spiro atoms. The minimum atomic E-state index is 1.02. The highest BCUT2D eigenvalue weighted by Crippen LogP contribution is 2.32. The molecular formula is C19H14N2. The Kier molecular flexibility index (Phi) is 2.68. The Morgan fingerprint density at radius 3 is 2.33 bits per heavy atom. The van der Waals surface area contributed by atoms with Gasteiger partial charge in [0.15, 0.2) is 0 Å². The fraction of sp³-hybridized carbons (Fsp3) is 0.0526. The molecule has 0 N–H and O–H groups in total. The Morgan fingerprint density at radius 1 is 0.667 bits per heavy atom. The summed E-state index contributed by atoms with van der Waals surface area (Å²) < 4.78 is 0. The summed E-state index contributed by atoms with van der Waals surface area (Å²) in [5.74, 6) is 0. The number of fused-ring (bicyclic) bond motifs is 3. The molecule has 0 amide bonds. The van der Waals surface area contributed by atoms with Gasteiger partial charge in [0.2, 0.25) is 0 Å². The molecule has 4 aromatic rings. The minimum Gasteiger partial charge on any atom is -0.241 e. The molecule has 0 aliphatic carbocycles. The molecule has 21 heavy (non-hydrogen) atoms. The molecule has 0 aliphatic rings. The maximum absolute atomic E-state index is 4.49. The van der Waals surface area contributed by atoms with E-state index in [0.717, 1.165) is 16.6 Å². The first-order valence-corrected chi connectivity index (χ1v) is 7.03. The zero-order valence-electron chi connectivity index (χ0n) is 11.7. The van der Waals surface area contributed by atoms with Crippen LogP contribution in [-0.2, 0) is 0 Å². The van der Waals surface area contributed by atoms with Crippen molar-refractivity contribution in [3.63, 3.8) is 0 Å². The smallest absolute Gasteiger partial charge is 0.116 e. The van der Waals surface area contributed by atoms with E-state index in [1.807, 2.05) is 13.0 Å². The third-order valence-corrected chi connectivity index (χ3v) is 3.95. The molecule has 0 atom stereocenters. The molecule has 2 nitrogen and oxygen atoms in total. The highest BCUT2D eigenvalue weighted by Gasteiger charge is 2.08. The molecule has 2 heteroatoms. The van der Waals surface area contributed by atoms with Crippen LogP contribution in [0.25, 0.3) is 32.8 Å². The second-order valence-corrected chi connectivity index (χ2v) is 5.19. The lowest BCUT2D eigenvalue weighted by molar-refractivity contribution is 1.15. The molecule has 3 aromatic carbocycles. The van der Waals surface area contributed by atoms with E-state index in [-0.39, 0.29) is 0 Å². The molecule has 0 saturated heterocycles. The number of aryl methyl sites for hydroxylation is 1. The van der Waals surface area contributed by atoms with Gasteiger partial charge >= 0.3 is 0 Å². The maximum Gasteiger partial charge on any atom is 0.116 e. The molecule has 1 aromatic heterocycles. The average Bonchev–Trinajstić information content (AvgIpc) is 2.55. The summed E-state index contributed by atoms with van der Waals surface area (Å²) in [5.41, 5.74) is 4.52. The highest BCUT2D eigenvalue weighted by atomic mass is 14.8. The van der Waals surface area contributed by atoms with Gasteiger partial charge in [-0.2, -0.15) is 0 Å². The number of nitrogens with zero attached hydrogens (tertiary/aromatic N) is 2. The number of rotatable bonds is 1. The quantitative estimate of drug-likeness (QED) is 0.466. The van der Waals surface area contributed by atoms with E-state index < -0.39 is 0 Å². The van der Waals surface area contributed by atoms with Crippen molar-refractivity contribution in [3.8, 4) is 11.1 Å². The molecule has 100 valence electrons. The van der Waals surface area contributed by atoms with Gasteiger partial charge in [-0.3, -0.25) is 0 Å². The summed E-state index contributed by atoms with van der Waals surface area (Å²) in [4.78, 5) is 8.78. The normalized spacial score (nSPS) is 11.1. The van der Waals surface area contributed by atoms with Crippen LogP contribution in [0.5, 0.6) is 0 Å². The minimum absolute atomic E-state index is 1.02. The largest absolute Gasteiger partial charge is 0.241 e. The van der Waals surface area contributed by atoms with Crippen LogP contribution in [0.3, 0.4) is 0 Å². The molecule has 0 aliphatic heterocycles. The summed E-state index contributed by atoms with van der Waals surface area (Å²) in [6.45, 7) is 2.02. The van der Waals surface area contributed by atoms with Gasteiger partial charge in [-0.15, -0.1) is 0 Å². The van der Waals surface area contributed by atoms with E-state index in [1.54, 1.807) is 6.33 Å². The topological polar surface area (TPSA) is 25.8 Å². The predicted molar refractivity (Wildman–Crippen MR) is 87.2 cm³/mol. The summed E-state index contributed by atoms with van der Waals surface area (Å²) in [7, 11) is 0. The number of aromatic nitrogens is 2. The lowest BCUT2D eigenvalue weighted by Gasteiger charge is -2.09. The maximum atomic E-state index is 4.49. The third-order valence-electron chi connectivity index (χ3n) is 3.95. The van der Waals surface area contributed by atoms with Crippen LogP contribution in [0.1, 0.15) is 5.69 Å². The molecule has 0 radical (unpaired) electrons. The Hall–Kier alpha value is -2.74. The summed E-state index contributed by atoms with van der Waals surface area (Å²) >= 11 is 0. The van der Waals surface area contributed by atoms with Crippen LogP contribution in [0.2, 0.25) is 0 Å². The molecule has 1 heterocycles. The standard InChI is InChI=1S/C19H14N2/c1-13-15-10-11-17-16(14-6-3-2-4-7-14)8-5-9-18(17)19(15)21-12-20-13/h2-12H,1H3. The third kappa shape index (κ3) is 1.88. The summed E-state index contributed by atoms with van der Waals surface area (Å²) in [6, 6.07) is 21.2. The Bertz CT molecular complexity index is 943. The number of hydrogen-bond donors (Lipinski definition) is 0. The Balaban J connectivity index is 2.12. The van der Waals surface area contributed by atoms with Crippen molar-refractivity contribution in [1.29, 1.82) is 0 Å². The van der Waals surface area contributed by atoms with Crippen molar-refractivity contribution < 1.29 is 0 Å². The fourth-order valence-electron chi connectivity index (χ4n) is 2.89. The van der Waals surface area contributed by atoms with Gasteiger partial charge in [0, 0.05) is 16.5 Å². The molecule has 0 fully saturated rings. The first kappa shape index (κ1) is 12.0. The first-order valence-electron chi connectivity index (χ1n) is 7.03.